The normalized spacial score (nSPS) is 11.2. The molecular weight excluding hydrogens is 256 g/mol. The van der Waals surface area contributed by atoms with Crippen LogP contribution >= 0.6 is 0 Å². The molecule has 0 atom stereocenters. The van der Waals surface area contributed by atoms with Crippen molar-refractivity contribution >= 4 is 0 Å². The molecule has 0 heterocycles. The summed E-state index contributed by atoms with van der Waals surface area (Å²) in [6, 6.07) is 22.0. The summed E-state index contributed by atoms with van der Waals surface area (Å²) in [5.41, 5.74) is 2.75. The van der Waals surface area contributed by atoms with Gasteiger partial charge in [-0.2, -0.15) is 0 Å². The molecule has 0 fully saturated rings. The molecular formula is C19H26N2. The van der Waals surface area contributed by atoms with E-state index in [1.165, 1.54) is 11.1 Å². The minimum Gasteiger partial charge on any atom is -0.313 e. The van der Waals surface area contributed by atoms with Crippen molar-refractivity contribution in [2.24, 2.45) is 0 Å². The summed E-state index contributed by atoms with van der Waals surface area (Å²) in [6.07, 6.45) is 0. The number of rotatable bonds is 8. The van der Waals surface area contributed by atoms with Crippen LogP contribution in [0.2, 0.25) is 0 Å². The van der Waals surface area contributed by atoms with Gasteiger partial charge in [0.05, 0.1) is 0 Å². The van der Waals surface area contributed by atoms with Crippen LogP contribution in [-0.4, -0.2) is 24.0 Å². The maximum absolute atomic E-state index is 3.51. The van der Waals surface area contributed by atoms with Crippen LogP contribution < -0.4 is 5.32 Å². The SMILES string of the molecule is CC(C)NCCN(Cc1ccccc1)Cc1ccccc1. The fourth-order valence-corrected chi connectivity index (χ4v) is 2.41. The highest BCUT2D eigenvalue weighted by atomic mass is 15.1. The zero-order valence-electron chi connectivity index (χ0n) is 13.1. The number of benzene rings is 2. The summed E-state index contributed by atoms with van der Waals surface area (Å²) in [5, 5.41) is 3.51. The Balaban J connectivity index is 1.96. The van der Waals surface area contributed by atoms with E-state index in [1.807, 2.05) is 0 Å². The standard InChI is InChI=1S/C19H26N2/c1-17(2)20-13-14-21(15-18-9-5-3-6-10-18)16-19-11-7-4-8-12-19/h3-12,17,20H,13-16H2,1-2H3. The van der Waals surface area contributed by atoms with Crippen molar-refractivity contribution in [3.8, 4) is 0 Å². The van der Waals surface area contributed by atoms with Gasteiger partial charge in [0.25, 0.3) is 0 Å². The van der Waals surface area contributed by atoms with E-state index >= 15 is 0 Å². The quantitative estimate of drug-likeness (QED) is 0.794. The molecule has 2 aromatic carbocycles. The average Bonchev–Trinajstić information content (AvgIpc) is 2.49. The molecule has 0 aliphatic rings. The molecule has 112 valence electrons. The largest absolute Gasteiger partial charge is 0.313 e. The lowest BCUT2D eigenvalue weighted by atomic mass is 10.1. The Morgan fingerprint density at radius 2 is 1.29 bits per heavy atom. The second-order valence-corrected chi connectivity index (χ2v) is 5.79. The second-order valence-electron chi connectivity index (χ2n) is 5.79. The van der Waals surface area contributed by atoms with Crippen molar-refractivity contribution in [3.05, 3.63) is 71.8 Å². The Labute approximate surface area is 128 Å². The van der Waals surface area contributed by atoms with E-state index in [0.29, 0.717) is 6.04 Å². The van der Waals surface area contributed by atoms with Gasteiger partial charge in [-0.05, 0) is 11.1 Å². The Bertz CT molecular complexity index is 452. The van der Waals surface area contributed by atoms with E-state index in [1.54, 1.807) is 0 Å². The van der Waals surface area contributed by atoms with Crippen LogP contribution in [0.4, 0.5) is 0 Å². The van der Waals surface area contributed by atoms with Crippen LogP contribution in [0.3, 0.4) is 0 Å². The van der Waals surface area contributed by atoms with E-state index in [2.05, 4.69) is 84.7 Å². The minimum atomic E-state index is 0.542. The maximum Gasteiger partial charge on any atom is 0.0237 e. The van der Waals surface area contributed by atoms with Gasteiger partial charge in [0.15, 0.2) is 0 Å². The smallest absolute Gasteiger partial charge is 0.0237 e. The maximum atomic E-state index is 3.51. The van der Waals surface area contributed by atoms with E-state index < -0.39 is 0 Å². The van der Waals surface area contributed by atoms with Crippen LogP contribution in [-0.2, 0) is 13.1 Å². The molecule has 0 spiro atoms. The molecule has 2 rings (SSSR count). The minimum absolute atomic E-state index is 0.542. The lowest BCUT2D eigenvalue weighted by Crippen LogP contribution is -2.34. The third kappa shape index (κ3) is 6.11. The summed E-state index contributed by atoms with van der Waals surface area (Å²) in [6.45, 7) is 8.46. The first-order chi connectivity index (χ1) is 10.2. The van der Waals surface area contributed by atoms with Crippen LogP contribution in [0.25, 0.3) is 0 Å². The highest BCUT2D eigenvalue weighted by molar-refractivity contribution is 5.17. The molecule has 2 heteroatoms. The molecule has 0 amide bonds. The zero-order chi connectivity index (χ0) is 14.9. The van der Waals surface area contributed by atoms with Gasteiger partial charge in [0, 0.05) is 32.2 Å². The average molecular weight is 282 g/mol. The fourth-order valence-electron chi connectivity index (χ4n) is 2.41. The lowest BCUT2D eigenvalue weighted by Gasteiger charge is -2.23. The van der Waals surface area contributed by atoms with Crippen molar-refractivity contribution in [3.63, 3.8) is 0 Å². The molecule has 0 aliphatic heterocycles. The van der Waals surface area contributed by atoms with Crippen molar-refractivity contribution < 1.29 is 0 Å². The van der Waals surface area contributed by atoms with Crippen LogP contribution in [0.5, 0.6) is 0 Å². The highest BCUT2D eigenvalue weighted by Crippen LogP contribution is 2.09. The first-order valence-electron chi connectivity index (χ1n) is 7.77. The monoisotopic (exact) mass is 282 g/mol. The van der Waals surface area contributed by atoms with E-state index in [-0.39, 0.29) is 0 Å². The molecule has 0 aliphatic carbocycles. The predicted octanol–water partition coefficient (Wildman–Crippen LogP) is 3.69. The van der Waals surface area contributed by atoms with Gasteiger partial charge in [-0.3, -0.25) is 4.90 Å². The Morgan fingerprint density at radius 1 is 0.810 bits per heavy atom. The van der Waals surface area contributed by atoms with Gasteiger partial charge in [0.2, 0.25) is 0 Å². The number of nitrogens with zero attached hydrogens (tertiary/aromatic N) is 1. The van der Waals surface area contributed by atoms with Gasteiger partial charge in [0.1, 0.15) is 0 Å². The second kappa shape index (κ2) is 8.60. The molecule has 21 heavy (non-hydrogen) atoms. The topological polar surface area (TPSA) is 15.3 Å². The summed E-state index contributed by atoms with van der Waals surface area (Å²) in [5.74, 6) is 0. The van der Waals surface area contributed by atoms with Gasteiger partial charge in [-0.1, -0.05) is 74.5 Å². The molecule has 0 aromatic heterocycles. The van der Waals surface area contributed by atoms with Gasteiger partial charge >= 0.3 is 0 Å². The van der Waals surface area contributed by atoms with Crippen LogP contribution in [0.1, 0.15) is 25.0 Å². The van der Waals surface area contributed by atoms with E-state index in [4.69, 9.17) is 0 Å². The summed E-state index contributed by atoms with van der Waals surface area (Å²) >= 11 is 0. The Hall–Kier alpha value is -1.64. The van der Waals surface area contributed by atoms with Crippen molar-refractivity contribution in [2.45, 2.75) is 33.0 Å². The number of hydrogen-bond donors (Lipinski definition) is 1. The molecule has 0 unspecified atom stereocenters. The van der Waals surface area contributed by atoms with Gasteiger partial charge in [-0.15, -0.1) is 0 Å². The Kier molecular flexibility index (Phi) is 6.45. The molecule has 0 radical (unpaired) electrons. The molecule has 1 N–H and O–H groups in total. The predicted molar refractivity (Wildman–Crippen MR) is 90.1 cm³/mol. The van der Waals surface area contributed by atoms with Crippen LogP contribution in [0.15, 0.2) is 60.7 Å². The summed E-state index contributed by atoms with van der Waals surface area (Å²) in [4.78, 5) is 2.50. The van der Waals surface area contributed by atoms with Gasteiger partial charge in [-0.25, -0.2) is 0 Å². The van der Waals surface area contributed by atoms with Crippen molar-refractivity contribution in [1.29, 1.82) is 0 Å². The molecule has 0 bridgehead atoms. The molecule has 2 aromatic rings. The van der Waals surface area contributed by atoms with Crippen molar-refractivity contribution in [1.82, 2.24) is 10.2 Å². The van der Waals surface area contributed by atoms with E-state index in [0.717, 1.165) is 26.2 Å². The van der Waals surface area contributed by atoms with Crippen molar-refractivity contribution in [2.75, 3.05) is 13.1 Å². The van der Waals surface area contributed by atoms with Crippen LogP contribution in [0, 0.1) is 0 Å². The lowest BCUT2D eigenvalue weighted by molar-refractivity contribution is 0.254. The number of nitrogens with one attached hydrogen (secondary N) is 1. The molecule has 0 saturated heterocycles. The zero-order valence-corrected chi connectivity index (χ0v) is 13.1. The molecule has 2 nitrogen and oxygen atoms in total. The molecule has 0 saturated carbocycles. The third-order valence-electron chi connectivity index (χ3n) is 3.48. The summed E-state index contributed by atoms with van der Waals surface area (Å²) < 4.78 is 0. The Morgan fingerprint density at radius 3 is 1.71 bits per heavy atom. The first-order valence-corrected chi connectivity index (χ1v) is 7.77. The first kappa shape index (κ1) is 15.7. The van der Waals surface area contributed by atoms with E-state index in [9.17, 15) is 0 Å². The number of hydrogen-bond acceptors (Lipinski definition) is 2. The highest BCUT2D eigenvalue weighted by Gasteiger charge is 2.07. The van der Waals surface area contributed by atoms with Gasteiger partial charge < -0.3 is 5.32 Å². The summed E-state index contributed by atoms with van der Waals surface area (Å²) in [7, 11) is 0. The third-order valence-corrected chi connectivity index (χ3v) is 3.48. The fraction of sp³-hybridized carbons (Fsp3) is 0.368.